The maximum Gasteiger partial charge on any atom is 0.338 e. The van der Waals surface area contributed by atoms with Gasteiger partial charge in [-0.05, 0) is 63.1 Å². The number of nitrogens with zero attached hydrogens (tertiary/aromatic N) is 3. The molecule has 1 N–H and O–H groups in total. The average Bonchev–Trinajstić information content (AvgIpc) is 2.78. The summed E-state index contributed by atoms with van der Waals surface area (Å²) in [5.74, 6) is -0.320. The lowest BCUT2D eigenvalue weighted by molar-refractivity contribution is -0.688. The fourth-order valence-corrected chi connectivity index (χ4v) is 4.74. The molecule has 0 aliphatic carbocycles. The molecule has 0 atom stereocenters. The van der Waals surface area contributed by atoms with Crippen molar-refractivity contribution in [3.8, 4) is 11.1 Å². The highest BCUT2D eigenvalue weighted by Crippen LogP contribution is 2.38. The number of aromatic nitrogens is 2. The highest BCUT2D eigenvalue weighted by Gasteiger charge is 2.46. The number of hydroxylamine groups is 2. The van der Waals surface area contributed by atoms with Crippen LogP contribution in [0.25, 0.3) is 11.1 Å². The molecule has 0 amide bonds. The van der Waals surface area contributed by atoms with Gasteiger partial charge < -0.3 is 22.4 Å². The molecule has 7 heteroatoms. The van der Waals surface area contributed by atoms with Crippen molar-refractivity contribution in [3.63, 3.8) is 0 Å². The zero-order valence-corrected chi connectivity index (χ0v) is 20.9. The van der Waals surface area contributed by atoms with Crippen molar-refractivity contribution in [1.29, 1.82) is 0 Å². The molecular weight excluding hydrogens is 450 g/mol. The van der Waals surface area contributed by atoms with Crippen LogP contribution in [0.2, 0.25) is 0 Å². The Kier molecular flexibility index (Phi) is 7.76. The molecule has 0 bridgehead atoms. The number of ether oxygens (including phenoxy) is 1. The molecule has 180 valence electrons. The minimum Gasteiger partial charge on any atom is -1.00 e. The smallest absolute Gasteiger partial charge is 0.338 e. The number of halogens is 1. The van der Waals surface area contributed by atoms with Crippen LogP contribution in [0.3, 0.4) is 0 Å². The summed E-state index contributed by atoms with van der Waals surface area (Å²) in [6.07, 6.45) is 8.62. The molecule has 1 aliphatic rings. The first kappa shape index (κ1) is 25.8. The lowest BCUT2D eigenvalue weighted by Crippen LogP contribution is -3.00. The number of carbonyl (C=O) groups is 1. The molecule has 1 aliphatic heterocycles. The van der Waals surface area contributed by atoms with Crippen LogP contribution in [0.4, 0.5) is 0 Å². The number of pyridine rings is 2. The van der Waals surface area contributed by atoms with Gasteiger partial charge in [0, 0.05) is 54.0 Å². The third kappa shape index (κ3) is 5.81. The molecule has 0 unspecified atom stereocenters. The molecule has 1 saturated heterocycles. The lowest BCUT2D eigenvalue weighted by atomic mass is 9.80. The Balaban J connectivity index is 0.00000324. The Bertz CT molecular complexity index is 1080. The first-order valence-electron chi connectivity index (χ1n) is 11.3. The zero-order valence-electron chi connectivity index (χ0n) is 20.1. The van der Waals surface area contributed by atoms with Crippen LogP contribution in [0.5, 0.6) is 0 Å². The second-order valence-corrected chi connectivity index (χ2v) is 10.1. The maximum absolute atomic E-state index is 12.8. The Morgan fingerprint density at radius 3 is 2.06 bits per heavy atom. The molecule has 34 heavy (non-hydrogen) atoms. The van der Waals surface area contributed by atoms with Gasteiger partial charge in [-0.3, -0.25) is 4.98 Å². The van der Waals surface area contributed by atoms with Gasteiger partial charge in [0.15, 0.2) is 18.9 Å². The monoisotopic (exact) mass is 481 g/mol. The fourth-order valence-electron chi connectivity index (χ4n) is 4.74. The summed E-state index contributed by atoms with van der Waals surface area (Å²) in [5.41, 5.74) is 3.01. The van der Waals surface area contributed by atoms with Crippen LogP contribution in [-0.2, 0) is 11.3 Å². The van der Waals surface area contributed by atoms with Gasteiger partial charge in [0.05, 0.1) is 5.56 Å². The van der Waals surface area contributed by atoms with Gasteiger partial charge in [-0.2, -0.15) is 5.06 Å². The highest BCUT2D eigenvalue weighted by atomic mass is 35.5. The second-order valence-electron chi connectivity index (χ2n) is 10.1. The Morgan fingerprint density at radius 1 is 0.971 bits per heavy atom. The maximum atomic E-state index is 12.8. The van der Waals surface area contributed by atoms with Crippen LogP contribution >= 0.6 is 0 Å². The van der Waals surface area contributed by atoms with E-state index in [4.69, 9.17) is 4.74 Å². The first-order valence-corrected chi connectivity index (χ1v) is 11.3. The van der Waals surface area contributed by atoms with E-state index in [2.05, 4.69) is 34.1 Å². The molecule has 0 spiro atoms. The quantitative estimate of drug-likeness (QED) is 0.443. The number of hydrogen-bond acceptors (Lipinski definition) is 5. The van der Waals surface area contributed by atoms with E-state index in [1.54, 1.807) is 12.4 Å². The summed E-state index contributed by atoms with van der Waals surface area (Å²) in [6.45, 7) is 8.56. The summed E-state index contributed by atoms with van der Waals surface area (Å²) in [7, 11) is 0. The van der Waals surface area contributed by atoms with E-state index in [1.807, 2.05) is 64.1 Å². The predicted octanol–water partition coefficient (Wildman–Crippen LogP) is 1.66. The molecular formula is C27H32ClN3O3. The number of rotatable bonds is 5. The second kappa shape index (κ2) is 10.2. The van der Waals surface area contributed by atoms with Gasteiger partial charge in [0.2, 0.25) is 0 Å². The van der Waals surface area contributed by atoms with E-state index >= 15 is 0 Å². The van der Waals surface area contributed by atoms with Crippen molar-refractivity contribution in [2.75, 3.05) is 0 Å². The normalized spacial score (nSPS) is 17.6. The molecule has 3 heterocycles. The molecule has 4 rings (SSSR count). The lowest BCUT2D eigenvalue weighted by Gasteiger charge is -2.50. The number of carbonyl (C=O) groups excluding carboxylic acids is 1. The molecule has 0 saturated carbocycles. The summed E-state index contributed by atoms with van der Waals surface area (Å²) in [6, 6.07) is 15.7. The van der Waals surface area contributed by atoms with Crippen molar-refractivity contribution in [2.24, 2.45) is 0 Å². The van der Waals surface area contributed by atoms with Gasteiger partial charge in [-0.15, -0.1) is 0 Å². The summed E-state index contributed by atoms with van der Waals surface area (Å²) < 4.78 is 7.93. The number of esters is 1. The number of piperidine rings is 1. The fraction of sp³-hybridized carbons (Fsp3) is 0.370. The van der Waals surface area contributed by atoms with Crippen molar-refractivity contribution in [3.05, 3.63) is 84.4 Å². The van der Waals surface area contributed by atoms with Crippen LogP contribution in [0.15, 0.2) is 73.3 Å². The van der Waals surface area contributed by atoms with E-state index in [9.17, 15) is 10.0 Å². The van der Waals surface area contributed by atoms with Gasteiger partial charge in [-0.25, -0.2) is 9.36 Å². The molecule has 1 fully saturated rings. The SMILES string of the molecule is CC1(C)CC(OC(=O)c2ccc(C[n+]3ccc(-c4ccncc4)cc3)cc2)CC(C)(C)N1O.[Cl-]. The van der Waals surface area contributed by atoms with Crippen molar-refractivity contribution in [1.82, 2.24) is 10.0 Å². The Hall–Kier alpha value is -2.80. The van der Waals surface area contributed by atoms with Crippen molar-refractivity contribution < 1.29 is 31.7 Å². The largest absolute Gasteiger partial charge is 1.00 e. The van der Waals surface area contributed by atoms with Crippen LogP contribution in [0, 0.1) is 0 Å². The van der Waals surface area contributed by atoms with E-state index < -0.39 is 11.1 Å². The highest BCUT2D eigenvalue weighted by molar-refractivity contribution is 5.89. The van der Waals surface area contributed by atoms with E-state index in [1.165, 1.54) is 5.06 Å². The summed E-state index contributed by atoms with van der Waals surface area (Å²) >= 11 is 0. The van der Waals surface area contributed by atoms with Gasteiger partial charge >= 0.3 is 5.97 Å². The molecule has 0 radical (unpaired) electrons. The van der Waals surface area contributed by atoms with Gasteiger partial charge in [0.25, 0.3) is 0 Å². The first-order chi connectivity index (χ1) is 15.6. The van der Waals surface area contributed by atoms with Crippen molar-refractivity contribution >= 4 is 5.97 Å². The Morgan fingerprint density at radius 2 is 1.50 bits per heavy atom. The van der Waals surface area contributed by atoms with Gasteiger partial charge in [0.1, 0.15) is 6.10 Å². The average molecular weight is 482 g/mol. The predicted molar refractivity (Wildman–Crippen MR) is 126 cm³/mol. The van der Waals surface area contributed by atoms with E-state index in [-0.39, 0.29) is 24.5 Å². The minimum atomic E-state index is -0.458. The van der Waals surface area contributed by atoms with Crippen LogP contribution < -0.4 is 17.0 Å². The summed E-state index contributed by atoms with van der Waals surface area (Å²) in [5, 5.41) is 11.8. The molecule has 2 aromatic heterocycles. The standard InChI is InChI=1S/C27H32N3O3.ClH/c1-26(2)17-24(18-27(3,4)30(26)32)33-25(31)23-7-5-20(6-8-23)19-29-15-11-22(12-16-29)21-9-13-28-14-10-21;/h5-16,24,32H,17-19H2,1-4H3;1H/q+1;/p-1. The summed E-state index contributed by atoms with van der Waals surface area (Å²) in [4.78, 5) is 16.8. The van der Waals surface area contributed by atoms with Crippen LogP contribution in [0.1, 0.15) is 56.5 Å². The van der Waals surface area contributed by atoms with Gasteiger partial charge in [-0.1, -0.05) is 12.1 Å². The van der Waals surface area contributed by atoms with E-state index in [0.717, 1.165) is 16.7 Å². The third-order valence-corrected chi connectivity index (χ3v) is 6.33. The van der Waals surface area contributed by atoms with E-state index in [0.29, 0.717) is 24.9 Å². The molecule has 1 aromatic carbocycles. The topological polar surface area (TPSA) is 66.5 Å². The Labute approximate surface area is 207 Å². The number of benzene rings is 1. The zero-order chi connectivity index (χ0) is 23.6. The van der Waals surface area contributed by atoms with Crippen molar-refractivity contribution in [2.45, 2.75) is 64.3 Å². The third-order valence-electron chi connectivity index (χ3n) is 6.33. The number of hydrogen-bond donors (Lipinski definition) is 1. The minimum absolute atomic E-state index is 0. The molecule has 6 nitrogen and oxygen atoms in total. The van der Waals surface area contributed by atoms with Crippen LogP contribution in [-0.4, -0.2) is 38.4 Å². The molecule has 3 aromatic rings.